The van der Waals surface area contributed by atoms with Crippen molar-refractivity contribution in [2.75, 3.05) is 20.2 Å². The Hall–Kier alpha value is -2.35. The van der Waals surface area contributed by atoms with Gasteiger partial charge in [0.15, 0.2) is 0 Å². The number of nitrogens with zero attached hydrogens (tertiary/aromatic N) is 1. The second kappa shape index (κ2) is 9.43. The Morgan fingerprint density at radius 3 is 2.41 bits per heavy atom. The predicted octanol–water partition coefficient (Wildman–Crippen LogP) is 4.14. The maximum absolute atomic E-state index is 13.0. The van der Waals surface area contributed by atoms with Crippen molar-refractivity contribution in [3.63, 3.8) is 0 Å². The third-order valence-electron chi connectivity index (χ3n) is 4.56. The molecule has 29 heavy (non-hydrogen) atoms. The molecule has 154 valence electrons. The molecule has 0 spiro atoms. The highest BCUT2D eigenvalue weighted by atomic mass is 35.5. The molecule has 6 nitrogen and oxygen atoms in total. The molecule has 1 heterocycles. The summed E-state index contributed by atoms with van der Waals surface area (Å²) in [6, 6.07) is 11.2. The normalized spacial score (nSPS) is 15.4. The lowest BCUT2D eigenvalue weighted by atomic mass is 10.2. The van der Waals surface area contributed by atoms with Gasteiger partial charge >= 0.3 is 5.97 Å². The molecule has 1 saturated heterocycles. The Morgan fingerprint density at radius 1 is 1.07 bits per heavy atom. The number of hydrogen-bond acceptors (Lipinski definition) is 5. The first kappa shape index (κ1) is 21.4. The molecule has 0 saturated carbocycles. The van der Waals surface area contributed by atoms with Gasteiger partial charge < -0.3 is 9.47 Å². The number of piperidine rings is 1. The van der Waals surface area contributed by atoms with Gasteiger partial charge in [0.1, 0.15) is 16.4 Å². The van der Waals surface area contributed by atoms with Crippen molar-refractivity contribution in [3.05, 3.63) is 59.1 Å². The first-order valence-corrected chi connectivity index (χ1v) is 11.1. The lowest BCUT2D eigenvalue weighted by Gasteiger charge is -2.26. The molecule has 0 aromatic heterocycles. The van der Waals surface area contributed by atoms with Crippen LogP contribution in [0.15, 0.2) is 53.4 Å². The number of sulfonamides is 1. The Bertz CT molecular complexity index is 996. The van der Waals surface area contributed by atoms with Gasteiger partial charge in [-0.2, -0.15) is 4.31 Å². The van der Waals surface area contributed by atoms with E-state index in [4.69, 9.17) is 21.1 Å². The number of carbonyl (C=O) groups is 1. The van der Waals surface area contributed by atoms with Gasteiger partial charge in [0.25, 0.3) is 0 Å². The van der Waals surface area contributed by atoms with Crippen LogP contribution in [0, 0.1) is 0 Å². The number of hydrogen-bond donors (Lipinski definition) is 0. The third-order valence-corrected chi connectivity index (χ3v) is 6.74. The average molecular weight is 436 g/mol. The Morgan fingerprint density at radius 2 is 1.76 bits per heavy atom. The molecule has 1 fully saturated rings. The maximum atomic E-state index is 13.0. The van der Waals surface area contributed by atoms with Gasteiger partial charge in [-0.1, -0.05) is 24.1 Å². The summed E-state index contributed by atoms with van der Waals surface area (Å²) in [7, 11) is -2.24. The Labute approximate surface area is 175 Å². The van der Waals surface area contributed by atoms with Crippen LogP contribution < -0.4 is 9.47 Å². The number of rotatable bonds is 6. The molecule has 0 atom stereocenters. The van der Waals surface area contributed by atoms with Crippen LogP contribution in [0.4, 0.5) is 0 Å². The summed E-state index contributed by atoms with van der Waals surface area (Å²) in [4.78, 5) is 12.1. The minimum Gasteiger partial charge on any atom is -0.495 e. The highest BCUT2D eigenvalue weighted by Crippen LogP contribution is 2.30. The van der Waals surface area contributed by atoms with E-state index >= 15 is 0 Å². The predicted molar refractivity (Wildman–Crippen MR) is 112 cm³/mol. The number of halogens is 1. The van der Waals surface area contributed by atoms with Crippen LogP contribution >= 0.6 is 11.6 Å². The number of methoxy groups -OCH3 is 1. The van der Waals surface area contributed by atoms with Crippen molar-refractivity contribution in [2.24, 2.45) is 0 Å². The van der Waals surface area contributed by atoms with E-state index in [1.807, 2.05) is 0 Å². The van der Waals surface area contributed by atoms with Gasteiger partial charge in [-0.05, 0) is 60.9 Å². The molecule has 3 rings (SSSR count). The molecular formula is C21H22ClNO5S. The summed E-state index contributed by atoms with van der Waals surface area (Å²) < 4.78 is 38.0. The van der Waals surface area contributed by atoms with Gasteiger partial charge in [0.05, 0.1) is 7.11 Å². The monoisotopic (exact) mass is 435 g/mol. The molecular weight excluding hydrogens is 414 g/mol. The summed E-state index contributed by atoms with van der Waals surface area (Å²) in [6.45, 7) is 0.998. The van der Waals surface area contributed by atoms with E-state index in [0.717, 1.165) is 19.3 Å². The molecule has 0 N–H and O–H groups in total. The third kappa shape index (κ3) is 5.38. The number of benzene rings is 2. The van der Waals surface area contributed by atoms with Crippen molar-refractivity contribution in [1.29, 1.82) is 0 Å². The Balaban J connectivity index is 1.79. The van der Waals surface area contributed by atoms with E-state index in [2.05, 4.69) is 0 Å². The van der Waals surface area contributed by atoms with E-state index in [-0.39, 0.29) is 10.6 Å². The van der Waals surface area contributed by atoms with E-state index < -0.39 is 16.0 Å². The minimum absolute atomic E-state index is 0.0927. The molecule has 0 bridgehead atoms. The SMILES string of the molecule is COc1ccc(/C=C/C(=O)Oc2ccc(Cl)cc2)cc1S(=O)(=O)N1CCCCC1. The minimum atomic E-state index is -3.67. The van der Waals surface area contributed by atoms with Gasteiger partial charge in [0, 0.05) is 24.2 Å². The highest BCUT2D eigenvalue weighted by molar-refractivity contribution is 7.89. The van der Waals surface area contributed by atoms with Crippen molar-refractivity contribution in [3.8, 4) is 11.5 Å². The number of ether oxygens (including phenoxy) is 2. The largest absolute Gasteiger partial charge is 0.495 e. The number of carbonyl (C=O) groups excluding carboxylic acids is 1. The molecule has 2 aromatic carbocycles. The molecule has 1 aliphatic rings. The molecule has 0 aliphatic carbocycles. The van der Waals surface area contributed by atoms with Crippen molar-refractivity contribution in [2.45, 2.75) is 24.2 Å². The second-order valence-electron chi connectivity index (χ2n) is 6.58. The van der Waals surface area contributed by atoms with Crippen LogP contribution in [-0.2, 0) is 14.8 Å². The average Bonchev–Trinajstić information content (AvgIpc) is 2.74. The first-order valence-electron chi connectivity index (χ1n) is 9.24. The summed E-state index contributed by atoms with van der Waals surface area (Å²) in [5.74, 6) is 0.0622. The van der Waals surface area contributed by atoms with Crippen molar-refractivity contribution >= 4 is 33.7 Å². The van der Waals surface area contributed by atoms with Crippen LogP contribution in [0.3, 0.4) is 0 Å². The zero-order valence-corrected chi connectivity index (χ0v) is 17.6. The standard InChI is InChI=1S/C21H22ClNO5S/c1-27-19-11-5-16(6-12-21(24)28-18-9-7-17(22)8-10-18)15-20(19)29(25,26)23-13-3-2-4-14-23/h5-12,15H,2-4,13-14H2,1H3/b12-6+. The van der Waals surface area contributed by atoms with Crippen molar-refractivity contribution < 1.29 is 22.7 Å². The quantitative estimate of drug-likeness (QED) is 0.387. The molecule has 2 aromatic rings. The Kier molecular flexibility index (Phi) is 6.95. The van der Waals surface area contributed by atoms with Crippen LogP contribution in [0.25, 0.3) is 6.08 Å². The van der Waals surface area contributed by atoms with Crippen LogP contribution in [0.2, 0.25) is 5.02 Å². The molecule has 8 heteroatoms. The van der Waals surface area contributed by atoms with Gasteiger partial charge in [0.2, 0.25) is 10.0 Å². The molecule has 1 aliphatic heterocycles. The summed E-state index contributed by atoms with van der Waals surface area (Å²) in [5, 5.41) is 0.543. The van der Waals surface area contributed by atoms with Crippen LogP contribution in [-0.4, -0.2) is 38.9 Å². The first-order chi connectivity index (χ1) is 13.9. The number of esters is 1. The second-order valence-corrected chi connectivity index (χ2v) is 8.93. The zero-order valence-electron chi connectivity index (χ0n) is 16.0. The van der Waals surface area contributed by atoms with Crippen molar-refractivity contribution in [1.82, 2.24) is 4.31 Å². The fraction of sp³-hybridized carbons (Fsp3) is 0.286. The van der Waals surface area contributed by atoms with Crippen LogP contribution in [0.1, 0.15) is 24.8 Å². The highest BCUT2D eigenvalue weighted by Gasteiger charge is 2.29. The summed E-state index contributed by atoms with van der Waals surface area (Å²) in [6.07, 6.45) is 5.47. The van der Waals surface area contributed by atoms with Crippen LogP contribution in [0.5, 0.6) is 11.5 Å². The molecule has 0 unspecified atom stereocenters. The lowest BCUT2D eigenvalue weighted by molar-refractivity contribution is -0.128. The topological polar surface area (TPSA) is 72.9 Å². The summed E-state index contributed by atoms with van der Waals surface area (Å²) >= 11 is 5.80. The smallest absolute Gasteiger partial charge is 0.336 e. The van der Waals surface area contributed by atoms with E-state index in [1.54, 1.807) is 36.4 Å². The van der Waals surface area contributed by atoms with Gasteiger partial charge in [-0.15, -0.1) is 0 Å². The summed E-state index contributed by atoms with van der Waals surface area (Å²) in [5.41, 5.74) is 0.550. The lowest BCUT2D eigenvalue weighted by Crippen LogP contribution is -2.35. The van der Waals surface area contributed by atoms with Gasteiger partial charge in [-0.3, -0.25) is 0 Å². The van der Waals surface area contributed by atoms with E-state index in [0.29, 0.717) is 29.4 Å². The van der Waals surface area contributed by atoms with Gasteiger partial charge in [-0.25, -0.2) is 13.2 Å². The van der Waals surface area contributed by atoms with E-state index in [9.17, 15) is 13.2 Å². The fourth-order valence-corrected chi connectivity index (χ4v) is 4.89. The fourth-order valence-electron chi connectivity index (χ4n) is 3.06. The zero-order chi connectivity index (χ0) is 20.9. The van der Waals surface area contributed by atoms with E-state index in [1.165, 1.54) is 29.6 Å². The molecule has 0 radical (unpaired) electrons. The maximum Gasteiger partial charge on any atom is 0.336 e. The molecule has 0 amide bonds.